The first kappa shape index (κ1) is 16.6. The number of sulfonamides is 1. The lowest BCUT2D eigenvalue weighted by Gasteiger charge is -2.07. The average molecular weight is 354 g/mol. The summed E-state index contributed by atoms with van der Waals surface area (Å²) in [6.07, 6.45) is 0.643. The number of alkyl halides is 1. The number of nitrogens with one attached hydrogen (secondary N) is 1. The summed E-state index contributed by atoms with van der Waals surface area (Å²) in [4.78, 5) is 0.274. The third kappa shape index (κ3) is 4.55. The van der Waals surface area contributed by atoms with Crippen LogP contribution in [0.5, 0.6) is 0 Å². The minimum atomic E-state index is -3.49. The van der Waals surface area contributed by atoms with Gasteiger partial charge in [-0.2, -0.15) is 5.10 Å². The molecule has 0 bridgehead atoms. The Morgan fingerprint density at radius 2 is 2.05 bits per heavy atom. The van der Waals surface area contributed by atoms with Gasteiger partial charge in [0.1, 0.15) is 4.90 Å². The Balaban J connectivity index is 2.57. The van der Waals surface area contributed by atoms with Crippen LogP contribution in [-0.2, 0) is 21.8 Å². The van der Waals surface area contributed by atoms with Crippen LogP contribution >= 0.6 is 15.9 Å². The number of rotatable bonds is 8. The summed E-state index contributed by atoms with van der Waals surface area (Å²) in [7, 11) is -1.76. The highest BCUT2D eigenvalue weighted by atomic mass is 79.9. The summed E-state index contributed by atoms with van der Waals surface area (Å²) < 4.78 is 33.7. The summed E-state index contributed by atoms with van der Waals surface area (Å²) in [5.74, 6) is 0. The monoisotopic (exact) mass is 353 g/mol. The molecule has 0 amide bonds. The number of hydrogen-bond acceptors (Lipinski definition) is 4. The Morgan fingerprint density at radius 3 is 2.58 bits per heavy atom. The zero-order valence-corrected chi connectivity index (χ0v) is 13.8. The molecule has 0 saturated carbocycles. The maximum Gasteiger partial charge on any atom is 0.244 e. The topological polar surface area (TPSA) is 73.2 Å². The van der Waals surface area contributed by atoms with Crippen molar-refractivity contribution in [1.29, 1.82) is 0 Å². The highest BCUT2D eigenvalue weighted by molar-refractivity contribution is 9.09. The fraction of sp³-hybridized carbons (Fsp3) is 0.727. The molecule has 6 nitrogen and oxygen atoms in total. The molecule has 0 saturated heterocycles. The van der Waals surface area contributed by atoms with Crippen LogP contribution in [0.3, 0.4) is 0 Å². The van der Waals surface area contributed by atoms with Gasteiger partial charge in [-0.25, -0.2) is 13.1 Å². The number of nitrogens with zero attached hydrogens (tertiary/aromatic N) is 2. The fourth-order valence-corrected chi connectivity index (χ4v) is 3.49. The van der Waals surface area contributed by atoms with Gasteiger partial charge in [-0.3, -0.25) is 4.68 Å². The highest BCUT2D eigenvalue weighted by Gasteiger charge is 2.22. The maximum atomic E-state index is 12.2. The molecule has 0 radical (unpaired) electrons. The first-order valence-corrected chi connectivity index (χ1v) is 8.64. The molecule has 1 aromatic heterocycles. The molecule has 1 heterocycles. The van der Waals surface area contributed by atoms with Crippen LogP contribution in [0.2, 0.25) is 0 Å². The highest BCUT2D eigenvalue weighted by Crippen LogP contribution is 2.17. The Hall–Kier alpha value is -0.440. The van der Waals surface area contributed by atoms with E-state index in [1.807, 2.05) is 0 Å². The van der Waals surface area contributed by atoms with E-state index in [1.165, 1.54) is 0 Å². The number of hydrogen-bond donors (Lipinski definition) is 1. The molecule has 0 spiro atoms. The van der Waals surface area contributed by atoms with Crippen LogP contribution in [0.25, 0.3) is 0 Å². The standard InChI is InChI=1S/C11H20BrN3O3S/c1-9-11(10(2)15(3)14-9)19(16,17)13-6-4-7-18-8-5-12/h13H,4-8H2,1-3H3. The zero-order valence-electron chi connectivity index (χ0n) is 11.4. The third-order valence-corrected chi connectivity index (χ3v) is 4.73. The van der Waals surface area contributed by atoms with E-state index in [2.05, 4.69) is 25.8 Å². The van der Waals surface area contributed by atoms with Gasteiger partial charge in [-0.15, -0.1) is 0 Å². The number of halogens is 1. The molecular weight excluding hydrogens is 334 g/mol. The predicted molar refractivity (Wildman–Crippen MR) is 77.1 cm³/mol. The largest absolute Gasteiger partial charge is 0.381 e. The molecule has 0 fully saturated rings. The first-order chi connectivity index (χ1) is 8.90. The van der Waals surface area contributed by atoms with Gasteiger partial charge in [0.15, 0.2) is 0 Å². The summed E-state index contributed by atoms with van der Waals surface area (Å²) in [6.45, 7) is 4.97. The first-order valence-electron chi connectivity index (χ1n) is 6.03. The molecule has 0 aliphatic heterocycles. The van der Waals surface area contributed by atoms with E-state index < -0.39 is 10.0 Å². The van der Waals surface area contributed by atoms with E-state index in [4.69, 9.17) is 4.74 Å². The van der Waals surface area contributed by atoms with Crippen LogP contribution in [0.1, 0.15) is 17.8 Å². The second kappa shape index (κ2) is 7.37. The molecule has 1 N–H and O–H groups in total. The van der Waals surface area contributed by atoms with Crippen molar-refractivity contribution >= 4 is 26.0 Å². The summed E-state index contributed by atoms with van der Waals surface area (Å²) in [6, 6.07) is 0. The lowest BCUT2D eigenvalue weighted by molar-refractivity contribution is 0.149. The molecule has 0 aliphatic carbocycles. The van der Waals surface area contributed by atoms with Crippen molar-refractivity contribution < 1.29 is 13.2 Å². The Bertz CT molecular complexity index is 514. The van der Waals surface area contributed by atoms with Gasteiger partial charge in [0.05, 0.1) is 18.0 Å². The van der Waals surface area contributed by atoms with E-state index in [-0.39, 0.29) is 4.90 Å². The second-order valence-electron chi connectivity index (χ2n) is 4.18. The predicted octanol–water partition coefficient (Wildman–Crippen LogP) is 1.12. The Morgan fingerprint density at radius 1 is 1.37 bits per heavy atom. The lowest BCUT2D eigenvalue weighted by atomic mass is 10.4. The van der Waals surface area contributed by atoms with Crippen LogP contribution in [0.15, 0.2) is 4.90 Å². The van der Waals surface area contributed by atoms with E-state index >= 15 is 0 Å². The van der Waals surface area contributed by atoms with Crippen molar-refractivity contribution in [1.82, 2.24) is 14.5 Å². The van der Waals surface area contributed by atoms with Crippen LogP contribution in [0.4, 0.5) is 0 Å². The van der Waals surface area contributed by atoms with Crippen molar-refractivity contribution in [3.63, 3.8) is 0 Å². The minimum Gasteiger partial charge on any atom is -0.381 e. The molecule has 110 valence electrons. The summed E-state index contributed by atoms with van der Waals surface area (Å²) in [5.41, 5.74) is 1.16. The molecular formula is C11H20BrN3O3S. The molecule has 1 aromatic rings. The summed E-state index contributed by atoms with van der Waals surface area (Å²) >= 11 is 3.25. The van der Waals surface area contributed by atoms with E-state index in [0.29, 0.717) is 37.6 Å². The van der Waals surface area contributed by atoms with Gasteiger partial charge in [0, 0.05) is 25.5 Å². The zero-order chi connectivity index (χ0) is 14.5. The molecule has 0 atom stereocenters. The van der Waals surface area contributed by atoms with Gasteiger partial charge >= 0.3 is 0 Å². The van der Waals surface area contributed by atoms with E-state index in [9.17, 15) is 8.42 Å². The fourth-order valence-electron chi connectivity index (χ4n) is 1.75. The average Bonchev–Trinajstić information content (AvgIpc) is 2.58. The molecule has 1 rings (SSSR count). The van der Waals surface area contributed by atoms with Gasteiger partial charge < -0.3 is 4.74 Å². The maximum absolute atomic E-state index is 12.2. The van der Waals surface area contributed by atoms with Gasteiger partial charge in [0.2, 0.25) is 10.0 Å². The Kier molecular flexibility index (Phi) is 6.45. The molecule has 8 heteroatoms. The van der Waals surface area contributed by atoms with Crippen molar-refractivity contribution in [2.24, 2.45) is 7.05 Å². The van der Waals surface area contributed by atoms with Crippen molar-refractivity contribution in [2.75, 3.05) is 25.1 Å². The molecule has 0 aliphatic rings. The smallest absolute Gasteiger partial charge is 0.244 e. The van der Waals surface area contributed by atoms with Crippen LogP contribution in [0, 0.1) is 13.8 Å². The summed E-state index contributed by atoms with van der Waals surface area (Å²) in [5, 5.41) is 4.90. The van der Waals surface area contributed by atoms with Crippen molar-refractivity contribution in [3.05, 3.63) is 11.4 Å². The number of aryl methyl sites for hydroxylation is 2. The minimum absolute atomic E-state index is 0.274. The number of ether oxygens (including phenoxy) is 1. The lowest BCUT2D eigenvalue weighted by Crippen LogP contribution is -2.26. The third-order valence-electron chi connectivity index (χ3n) is 2.69. The molecule has 0 aromatic carbocycles. The van der Waals surface area contributed by atoms with Crippen molar-refractivity contribution in [2.45, 2.75) is 25.2 Å². The van der Waals surface area contributed by atoms with Gasteiger partial charge in [-0.1, -0.05) is 15.9 Å². The van der Waals surface area contributed by atoms with E-state index in [0.717, 1.165) is 5.33 Å². The van der Waals surface area contributed by atoms with Crippen LogP contribution < -0.4 is 4.72 Å². The SMILES string of the molecule is Cc1nn(C)c(C)c1S(=O)(=O)NCCCOCCBr. The van der Waals surface area contributed by atoms with Gasteiger partial charge in [-0.05, 0) is 20.3 Å². The quantitative estimate of drug-likeness (QED) is 0.561. The molecule has 19 heavy (non-hydrogen) atoms. The second-order valence-corrected chi connectivity index (χ2v) is 6.67. The van der Waals surface area contributed by atoms with Gasteiger partial charge in [0.25, 0.3) is 0 Å². The van der Waals surface area contributed by atoms with Crippen LogP contribution in [-0.4, -0.2) is 43.3 Å². The number of aromatic nitrogens is 2. The normalized spacial score (nSPS) is 12.0. The van der Waals surface area contributed by atoms with Crippen molar-refractivity contribution in [3.8, 4) is 0 Å². The van der Waals surface area contributed by atoms with E-state index in [1.54, 1.807) is 25.6 Å². The molecule has 0 unspecified atom stereocenters. The Labute approximate surface area is 122 Å².